The van der Waals surface area contributed by atoms with Crippen LogP contribution in [0.5, 0.6) is 5.75 Å². The topological polar surface area (TPSA) is 93.5 Å². The zero-order valence-electron chi connectivity index (χ0n) is 12.3. The largest absolute Gasteiger partial charge is 0.484 e. The number of nitrogens with two attached hydrogens (primary N) is 1. The van der Waals surface area contributed by atoms with Gasteiger partial charge in [0.1, 0.15) is 5.75 Å². The minimum atomic E-state index is -0.156. The molecule has 1 aromatic carbocycles. The molecule has 2 rings (SSSR count). The predicted octanol–water partition coefficient (Wildman–Crippen LogP) is 0.383. The Morgan fingerprint density at radius 3 is 2.45 bits per heavy atom. The van der Waals surface area contributed by atoms with E-state index in [9.17, 15) is 9.59 Å². The van der Waals surface area contributed by atoms with Crippen LogP contribution in [0.3, 0.4) is 0 Å². The van der Waals surface area contributed by atoms with Crippen molar-refractivity contribution in [1.82, 2.24) is 10.6 Å². The van der Waals surface area contributed by atoms with Crippen molar-refractivity contribution in [1.29, 1.82) is 0 Å². The highest BCUT2D eigenvalue weighted by atomic mass is 35.5. The Bertz CT molecular complexity index is 489. The number of hydrogen-bond donors (Lipinski definition) is 3. The number of amides is 2. The van der Waals surface area contributed by atoms with Crippen molar-refractivity contribution >= 4 is 24.2 Å². The first-order chi connectivity index (χ1) is 10.2. The van der Waals surface area contributed by atoms with Crippen molar-refractivity contribution in [3.63, 3.8) is 0 Å². The maximum atomic E-state index is 11.5. The fraction of sp³-hybridized carbons (Fsp3) is 0.467. The summed E-state index contributed by atoms with van der Waals surface area (Å²) in [5, 5.41) is 5.58. The molecule has 0 radical (unpaired) electrons. The fourth-order valence-electron chi connectivity index (χ4n) is 1.82. The van der Waals surface area contributed by atoms with Crippen molar-refractivity contribution in [2.24, 2.45) is 5.73 Å². The average Bonchev–Trinajstić information content (AvgIpc) is 3.30. The molecule has 0 spiro atoms. The lowest BCUT2D eigenvalue weighted by molar-refractivity contribution is -0.123. The Morgan fingerprint density at radius 2 is 1.86 bits per heavy atom. The number of carbonyl (C=O) groups is 2. The van der Waals surface area contributed by atoms with Gasteiger partial charge in [0.25, 0.3) is 5.91 Å². The summed E-state index contributed by atoms with van der Waals surface area (Å²) in [6.45, 7) is 0.609. The van der Waals surface area contributed by atoms with Gasteiger partial charge in [-0.1, -0.05) is 12.1 Å². The third-order valence-electron chi connectivity index (χ3n) is 3.16. The molecule has 0 saturated heterocycles. The second kappa shape index (κ2) is 9.27. The summed E-state index contributed by atoms with van der Waals surface area (Å²) < 4.78 is 5.41. The Labute approximate surface area is 136 Å². The van der Waals surface area contributed by atoms with Gasteiger partial charge in [-0.3, -0.25) is 9.59 Å². The zero-order valence-corrected chi connectivity index (χ0v) is 13.2. The van der Waals surface area contributed by atoms with Gasteiger partial charge in [0.15, 0.2) is 6.61 Å². The molecule has 0 aliphatic heterocycles. The van der Waals surface area contributed by atoms with E-state index in [1.807, 2.05) is 24.3 Å². The number of benzene rings is 1. The number of halogens is 1. The van der Waals surface area contributed by atoms with Crippen LogP contribution in [0.15, 0.2) is 24.3 Å². The number of carbonyl (C=O) groups excluding carboxylic acids is 2. The normalized spacial score (nSPS) is 13.0. The number of rotatable bonds is 8. The molecule has 122 valence electrons. The van der Waals surface area contributed by atoms with Crippen LogP contribution in [-0.4, -0.2) is 37.6 Å². The molecule has 1 aliphatic carbocycles. The zero-order chi connectivity index (χ0) is 15.1. The van der Waals surface area contributed by atoms with Gasteiger partial charge in [-0.2, -0.15) is 0 Å². The molecule has 0 bridgehead atoms. The van der Waals surface area contributed by atoms with E-state index in [2.05, 4.69) is 10.6 Å². The summed E-state index contributed by atoms with van der Waals surface area (Å²) in [7, 11) is 0. The highest BCUT2D eigenvalue weighted by Crippen LogP contribution is 2.18. The molecule has 2 amide bonds. The van der Waals surface area contributed by atoms with Gasteiger partial charge >= 0.3 is 0 Å². The predicted molar refractivity (Wildman–Crippen MR) is 86.1 cm³/mol. The van der Waals surface area contributed by atoms with Gasteiger partial charge in [-0.25, -0.2) is 0 Å². The van der Waals surface area contributed by atoms with Crippen LogP contribution in [0.25, 0.3) is 0 Å². The molecule has 7 heteroatoms. The quantitative estimate of drug-likeness (QED) is 0.643. The van der Waals surface area contributed by atoms with Crippen molar-refractivity contribution < 1.29 is 14.3 Å². The molecular weight excluding hydrogens is 306 g/mol. The Hall–Kier alpha value is -1.79. The second-order valence-electron chi connectivity index (χ2n) is 5.08. The highest BCUT2D eigenvalue weighted by Gasteiger charge is 2.23. The fourth-order valence-corrected chi connectivity index (χ4v) is 1.82. The lowest BCUT2D eigenvalue weighted by Crippen LogP contribution is -2.31. The van der Waals surface area contributed by atoms with Gasteiger partial charge in [-0.05, 0) is 37.0 Å². The molecule has 6 nitrogen and oxygen atoms in total. The average molecular weight is 328 g/mol. The minimum Gasteiger partial charge on any atom is -0.484 e. The summed E-state index contributed by atoms with van der Waals surface area (Å²) in [4.78, 5) is 22.5. The van der Waals surface area contributed by atoms with E-state index >= 15 is 0 Å². The second-order valence-corrected chi connectivity index (χ2v) is 5.08. The number of ether oxygens (including phenoxy) is 1. The van der Waals surface area contributed by atoms with Crippen LogP contribution in [0, 0.1) is 0 Å². The summed E-state index contributed by atoms with van der Waals surface area (Å²) in [5.74, 6) is 0.429. The number of hydrogen-bond acceptors (Lipinski definition) is 4. The summed E-state index contributed by atoms with van der Waals surface area (Å²) >= 11 is 0. The molecule has 1 saturated carbocycles. The van der Waals surface area contributed by atoms with E-state index < -0.39 is 0 Å². The highest BCUT2D eigenvalue weighted by molar-refractivity contribution is 5.85. The van der Waals surface area contributed by atoms with Crippen LogP contribution in [0.4, 0.5) is 0 Å². The molecule has 1 fully saturated rings. The third-order valence-corrected chi connectivity index (χ3v) is 3.16. The standard InChI is InChI=1S/C15H21N3O3.ClH/c16-9-14(19)17-8-7-11-1-5-13(6-2-11)21-10-15(20)18-12-3-4-12;/h1-2,5-6,12H,3-4,7-10,16H2,(H,17,19)(H,18,20);1H. The maximum Gasteiger partial charge on any atom is 0.258 e. The SMILES string of the molecule is Cl.NCC(=O)NCCc1ccc(OCC(=O)NC2CC2)cc1. The first-order valence-electron chi connectivity index (χ1n) is 7.15. The molecule has 0 atom stereocenters. The van der Waals surface area contributed by atoms with Crippen molar-refractivity contribution in [3.05, 3.63) is 29.8 Å². The van der Waals surface area contributed by atoms with E-state index in [-0.39, 0.29) is 37.4 Å². The van der Waals surface area contributed by atoms with Gasteiger partial charge < -0.3 is 21.1 Å². The number of nitrogens with one attached hydrogen (secondary N) is 2. The third kappa shape index (κ3) is 6.78. The van der Waals surface area contributed by atoms with Crippen molar-refractivity contribution in [3.8, 4) is 5.75 Å². The minimum absolute atomic E-state index is 0. The Kier molecular flexibility index (Phi) is 7.70. The Morgan fingerprint density at radius 1 is 1.18 bits per heavy atom. The molecule has 0 heterocycles. The van der Waals surface area contributed by atoms with E-state index in [0.29, 0.717) is 18.3 Å². The van der Waals surface area contributed by atoms with Crippen molar-refractivity contribution in [2.75, 3.05) is 19.7 Å². The lowest BCUT2D eigenvalue weighted by atomic mass is 10.1. The molecule has 22 heavy (non-hydrogen) atoms. The molecule has 1 aromatic rings. The molecule has 0 aromatic heterocycles. The van der Waals surface area contributed by atoms with Crippen molar-refractivity contribution in [2.45, 2.75) is 25.3 Å². The first-order valence-corrected chi connectivity index (χ1v) is 7.15. The summed E-state index contributed by atoms with van der Waals surface area (Å²) in [6.07, 6.45) is 2.87. The first kappa shape index (κ1) is 18.3. The van der Waals surface area contributed by atoms with E-state index in [1.54, 1.807) is 0 Å². The lowest BCUT2D eigenvalue weighted by Gasteiger charge is -2.08. The van der Waals surface area contributed by atoms with E-state index in [1.165, 1.54) is 0 Å². The van der Waals surface area contributed by atoms with Gasteiger partial charge in [0, 0.05) is 12.6 Å². The van der Waals surface area contributed by atoms with Crippen LogP contribution in [0.1, 0.15) is 18.4 Å². The molecule has 0 unspecified atom stereocenters. The smallest absolute Gasteiger partial charge is 0.258 e. The van der Waals surface area contributed by atoms with Crippen LogP contribution >= 0.6 is 12.4 Å². The van der Waals surface area contributed by atoms with Crippen LogP contribution in [0.2, 0.25) is 0 Å². The van der Waals surface area contributed by atoms with Crippen LogP contribution < -0.4 is 21.1 Å². The van der Waals surface area contributed by atoms with E-state index in [4.69, 9.17) is 10.5 Å². The van der Waals surface area contributed by atoms with Gasteiger partial charge in [0.2, 0.25) is 5.91 Å². The maximum absolute atomic E-state index is 11.5. The molecule has 1 aliphatic rings. The summed E-state index contributed by atoms with van der Waals surface area (Å²) in [6, 6.07) is 7.84. The van der Waals surface area contributed by atoms with Crippen LogP contribution in [-0.2, 0) is 16.0 Å². The molecule has 4 N–H and O–H groups in total. The van der Waals surface area contributed by atoms with Gasteiger partial charge in [0.05, 0.1) is 6.54 Å². The summed E-state index contributed by atoms with van der Waals surface area (Å²) in [5.41, 5.74) is 6.29. The monoisotopic (exact) mass is 327 g/mol. The van der Waals surface area contributed by atoms with Gasteiger partial charge in [-0.15, -0.1) is 12.4 Å². The van der Waals surface area contributed by atoms with E-state index in [0.717, 1.165) is 24.8 Å². The molecular formula is C15H22ClN3O3. The Balaban J connectivity index is 0.00000242.